The molecule has 8 nitrogen and oxygen atoms in total. The van der Waals surface area contributed by atoms with E-state index in [1.54, 1.807) is 23.1 Å². The van der Waals surface area contributed by atoms with E-state index in [9.17, 15) is 4.79 Å². The van der Waals surface area contributed by atoms with E-state index in [-0.39, 0.29) is 11.4 Å². The molecular formula is C27H31N7O. The van der Waals surface area contributed by atoms with Crippen LogP contribution in [-0.2, 0) is 0 Å². The van der Waals surface area contributed by atoms with Gasteiger partial charge in [-0.05, 0) is 77.0 Å². The lowest BCUT2D eigenvalue weighted by molar-refractivity contribution is 0.101. The van der Waals surface area contributed by atoms with Crippen molar-refractivity contribution in [2.45, 2.75) is 45.1 Å². The van der Waals surface area contributed by atoms with Crippen LogP contribution in [0.15, 0.2) is 67.0 Å². The minimum Gasteiger partial charge on any atom is -0.306 e. The first-order valence-electron chi connectivity index (χ1n) is 12.1. The molecule has 35 heavy (non-hydrogen) atoms. The van der Waals surface area contributed by atoms with Gasteiger partial charge in [0.2, 0.25) is 0 Å². The van der Waals surface area contributed by atoms with Gasteiger partial charge in [-0.25, -0.2) is 4.98 Å². The Bertz CT molecular complexity index is 1280. The Labute approximate surface area is 205 Å². The van der Waals surface area contributed by atoms with Gasteiger partial charge in [0.1, 0.15) is 5.82 Å². The molecule has 0 unspecified atom stereocenters. The molecule has 0 saturated carbocycles. The van der Waals surface area contributed by atoms with E-state index in [1.165, 1.54) is 0 Å². The molecule has 1 aromatic carbocycles. The second-order valence-electron chi connectivity index (χ2n) is 9.99. The zero-order valence-electron chi connectivity index (χ0n) is 20.4. The molecule has 3 aromatic heterocycles. The van der Waals surface area contributed by atoms with E-state index in [1.807, 2.05) is 48.5 Å². The Morgan fingerprint density at radius 3 is 2.54 bits per heavy atom. The van der Waals surface area contributed by atoms with Gasteiger partial charge in [0.05, 0.1) is 11.4 Å². The number of likely N-dealkylation sites (tertiary alicyclic amines) is 1. The molecular weight excluding hydrogens is 438 g/mol. The number of benzene rings is 1. The van der Waals surface area contributed by atoms with Crippen molar-refractivity contribution >= 4 is 11.7 Å². The van der Waals surface area contributed by atoms with Gasteiger partial charge in [-0.3, -0.25) is 14.8 Å². The van der Waals surface area contributed by atoms with Crippen molar-refractivity contribution in [2.75, 3.05) is 18.4 Å². The van der Waals surface area contributed by atoms with Crippen molar-refractivity contribution in [3.63, 3.8) is 0 Å². The molecule has 1 aliphatic heterocycles. The van der Waals surface area contributed by atoms with E-state index in [4.69, 9.17) is 5.10 Å². The van der Waals surface area contributed by atoms with Crippen molar-refractivity contribution in [3.05, 3.63) is 78.2 Å². The standard InChI is InChI=1S/C27H31N7O/c1-27(2,3)33-15-11-19(12-16-33)23-18-25(34(32-23)24-9-4-5-13-28-24)30-26(35)21-8-6-7-20(17-21)22-10-14-29-31-22/h4-10,13-14,17-19H,11-12,15-16H2,1-3H3,(H,29,31)(H,30,35). The molecule has 2 N–H and O–H groups in total. The number of nitrogens with one attached hydrogen (secondary N) is 2. The van der Waals surface area contributed by atoms with Crippen molar-refractivity contribution < 1.29 is 4.79 Å². The number of piperidine rings is 1. The molecule has 1 fully saturated rings. The van der Waals surface area contributed by atoms with Crippen molar-refractivity contribution in [1.29, 1.82) is 0 Å². The number of rotatable bonds is 5. The highest BCUT2D eigenvalue weighted by molar-refractivity contribution is 6.04. The second kappa shape index (κ2) is 9.46. The summed E-state index contributed by atoms with van der Waals surface area (Å²) in [7, 11) is 0. The summed E-state index contributed by atoms with van der Waals surface area (Å²) in [5, 5.41) is 14.9. The minimum atomic E-state index is -0.197. The first kappa shape index (κ1) is 23.0. The summed E-state index contributed by atoms with van der Waals surface area (Å²) in [6, 6.07) is 17.0. The first-order chi connectivity index (χ1) is 16.9. The summed E-state index contributed by atoms with van der Waals surface area (Å²) in [4.78, 5) is 20.2. The Morgan fingerprint density at radius 1 is 1.03 bits per heavy atom. The fraction of sp³-hybridized carbons (Fsp3) is 0.333. The quantitative estimate of drug-likeness (QED) is 0.434. The highest BCUT2D eigenvalue weighted by Gasteiger charge is 2.29. The molecule has 4 heterocycles. The Hall–Kier alpha value is -3.78. The van der Waals surface area contributed by atoms with Gasteiger partial charge in [-0.1, -0.05) is 18.2 Å². The van der Waals surface area contributed by atoms with Crippen molar-refractivity contribution in [3.8, 4) is 17.1 Å². The lowest BCUT2D eigenvalue weighted by Gasteiger charge is -2.40. The number of carbonyl (C=O) groups is 1. The van der Waals surface area contributed by atoms with Crippen LogP contribution in [0.1, 0.15) is 55.6 Å². The maximum absolute atomic E-state index is 13.3. The highest BCUT2D eigenvalue weighted by Crippen LogP contribution is 2.32. The number of pyridine rings is 1. The molecule has 0 aliphatic carbocycles. The maximum Gasteiger partial charge on any atom is 0.256 e. The third-order valence-corrected chi connectivity index (χ3v) is 6.63. The first-order valence-corrected chi connectivity index (χ1v) is 12.1. The number of carbonyl (C=O) groups excluding carboxylic acids is 1. The predicted octanol–water partition coefficient (Wildman–Crippen LogP) is 4.89. The van der Waals surface area contributed by atoms with E-state index in [0.717, 1.165) is 42.9 Å². The number of H-pyrrole nitrogens is 1. The Kier molecular flexibility index (Phi) is 6.21. The third-order valence-electron chi connectivity index (χ3n) is 6.63. The second-order valence-corrected chi connectivity index (χ2v) is 9.99. The molecule has 1 amide bonds. The van der Waals surface area contributed by atoms with Crippen LogP contribution >= 0.6 is 0 Å². The number of hydrogen-bond acceptors (Lipinski definition) is 5. The van der Waals surface area contributed by atoms with Crippen LogP contribution in [0.3, 0.4) is 0 Å². The summed E-state index contributed by atoms with van der Waals surface area (Å²) < 4.78 is 1.74. The van der Waals surface area contributed by atoms with E-state index in [2.05, 4.69) is 46.2 Å². The van der Waals surface area contributed by atoms with Gasteiger partial charge in [-0.2, -0.15) is 14.9 Å². The minimum absolute atomic E-state index is 0.169. The predicted molar refractivity (Wildman–Crippen MR) is 137 cm³/mol. The largest absolute Gasteiger partial charge is 0.306 e. The summed E-state index contributed by atoms with van der Waals surface area (Å²) in [6.07, 6.45) is 5.51. The summed E-state index contributed by atoms with van der Waals surface area (Å²) in [5.41, 5.74) is 3.49. The third kappa shape index (κ3) is 5.02. The Morgan fingerprint density at radius 2 is 1.86 bits per heavy atom. The summed E-state index contributed by atoms with van der Waals surface area (Å²) in [5.74, 6) is 1.44. The summed E-state index contributed by atoms with van der Waals surface area (Å²) in [6.45, 7) is 8.85. The zero-order chi connectivity index (χ0) is 24.4. The number of hydrogen-bond donors (Lipinski definition) is 2. The number of aromatic nitrogens is 5. The molecule has 4 aromatic rings. The normalized spacial score (nSPS) is 15.3. The molecule has 0 radical (unpaired) electrons. The zero-order valence-corrected chi connectivity index (χ0v) is 20.4. The van der Waals surface area contributed by atoms with Crippen LogP contribution in [0.2, 0.25) is 0 Å². The van der Waals surface area contributed by atoms with Crippen molar-refractivity contribution in [2.24, 2.45) is 0 Å². The van der Waals surface area contributed by atoms with Gasteiger partial charge in [0.25, 0.3) is 5.91 Å². The van der Waals surface area contributed by atoms with Crippen LogP contribution in [0, 0.1) is 0 Å². The molecule has 0 bridgehead atoms. The smallest absolute Gasteiger partial charge is 0.256 e. The average Bonchev–Trinajstić information content (AvgIpc) is 3.55. The van der Waals surface area contributed by atoms with Crippen LogP contribution in [-0.4, -0.2) is 54.4 Å². The summed E-state index contributed by atoms with van der Waals surface area (Å²) >= 11 is 0. The van der Waals surface area contributed by atoms with Crippen LogP contribution in [0.25, 0.3) is 17.1 Å². The van der Waals surface area contributed by atoms with Crippen LogP contribution < -0.4 is 5.32 Å². The molecule has 1 saturated heterocycles. The van der Waals surface area contributed by atoms with E-state index >= 15 is 0 Å². The van der Waals surface area contributed by atoms with Gasteiger partial charge >= 0.3 is 0 Å². The van der Waals surface area contributed by atoms with Gasteiger partial charge in [-0.15, -0.1) is 0 Å². The van der Waals surface area contributed by atoms with Crippen molar-refractivity contribution in [1.82, 2.24) is 29.9 Å². The lowest BCUT2D eigenvalue weighted by Crippen LogP contribution is -2.45. The van der Waals surface area contributed by atoms with Gasteiger partial charge < -0.3 is 5.32 Å². The molecule has 1 aliphatic rings. The molecule has 0 spiro atoms. The van der Waals surface area contributed by atoms with Gasteiger partial charge in [0.15, 0.2) is 5.82 Å². The number of amides is 1. The number of aromatic amines is 1. The van der Waals surface area contributed by atoms with Crippen LogP contribution in [0.4, 0.5) is 5.82 Å². The molecule has 5 rings (SSSR count). The van der Waals surface area contributed by atoms with E-state index < -0.39 is 0 Å². The fourth-order valence-electron chi connectivity index (χ4n) is 4.62. The molecule has 180 valence electrons. The van der Waals surface area contributed by atoms with E-state index in [0.29, 0.717) is 23.1 Å². The Balaban J connectivity index is 1.41. The van der Waals surface area contributed by atoms with Gasteiger partial charge in [0, 0.05) is 41.0 Å². The number of anilines is 1. The monoisotopic (exact) mass is 469 g/mol. The highest BCUT2D eigenvalue weighted by atomic mass is 16.1. The fourth-order valence-corrected chi connectivity index (χ4v) is 4.62. The number of nitrogens with zero attached hydrogens (tertiary/aromatic N) is 5. The molecule has 0 atom stereocenters. The lowest BCUT2D eigenvalue weighted by atomic mass is 9.91. The topological polar surface area (TPSA) is 91.7 Å². The maximum atomic E-state index is 13.3. The molecule has 8 heteroatoms. The SMILES string of the molecule is CC(C)(C)N1CCC(c2cc(NC(=O)c3cccc(-c4ccn[nH]4)c3)n(-c3ccccn3)n2)CC1. The average molecular weight is 470 g/mol. The van der Waals surface area contributed by atoms with Crippen LogP contribution in [0.5, 0.6) is 0 Å².